The van der Waals surface area contributed by atoms with E-state index in [0.717, 1.165) is 24.4 Å². The first-order chi connectivity index (χ1) is 9.28. The topological polar surface area (TPSA) is 54.7 Å². The maximum absolute atomic E-state index is 5.76. The van der Waals surface area contributed by atoms with E-state index in [0.29, 0.717) is 12.5 Å². The van der Waals surface area contributed by atoms with Crippen LogP contribution in [0.15, 0.2) is 30.5 Å². The number of hydrogen-bond acceptors (Lipinski definition) is 2. The van der Waals surface area contributed by atoms with Crippen LogP contribution in [0, 0.1) is 0 Å². The molecule has 2 rings (SSSR count). The van der Waals surface area contributed by atoms with Crippen LogP contribution in [0.25, 0.3) is 11.3 Å². The molecular formula is C16H23N3. The van der Waals surface area contributed by atoms with Gasteiger partial charge >= 0.3 is 0 Å². The minimum atomic E-state index is 0.327. The van der Waals surface area contributed by atoms with Crippen LogP contribution in [0.3, 0.4) is 0 Å². The van der Waals surface area contributed by atoms with E-state index in [1.54, 1.807) is 0 Å². The minimum Gasteiger partial charge on any atom is -0.342 e. The largest absolute Gasteiger partial charge is 0.342 e. The number of rotatable bonds is 6. The van der Waals surface area contributed by atoms with Crippen LogP contribution < -0.4 is 5.73 Å². The van der Waals surface area contributed by atoms with Crippen molar-refractivity contribution in [3.8, 4) is 11.3 Å². The average molecular weight is 257 g/mol. The van der Waals surface area contributed by atoms with Gasteiger partial charge in [-0.2, -0.15) is 0 Å². The third kappa shape index (κ3) is 3.24. The van der Waals surface area contributed by atoms with Crippen molar-refractivity contribution in [1.29, 1.82) is 0 Å². The van der Waals surface area contributed by atoms with Gasteiger partial charge in [0.25, 0.3) is 0 Å². The SMILES string of the molecule is CCCc1ccc(-c2cnc(C(CC)CN)[nH]2)cc1. The molecule has 2 aromatic rings. The van der Waals surface area contributed by atoms with E-state index in [4.69, 9.17) is 5.73 Å². The molecule has 0 bridgehead atoms. The van der Waals surface area contributed by atoms with Crippen molar-refractivity contribution in [1.82, 2.24) is 9.97 Å². The van der Waals surface area contributed by atoms with Gasteiger partial charge in [-0.3, -0.25) is 0 Å². The van der Waals surface area contributed by atoms with Gasteiger partial charge in [-0.1, -0.05) is 44.5 Å². The van der Waals surface area contributed by atoms with Crippen molar-refractivity contribution in [2.45, 2.75) is 39.0 Å². The molecule has 1 unspecified atom stereocenters. The molecule has 1 atom stereocenters. The smallest absolute Gasteiger partial charge is 0.110 e. The van der Waals surface area contributed by atoms with Gasteiger partial charge in [0.05, 0.1) is 11.9 Å². The first-order valence-electron chi connectivity index (χ1n) is 7.12. The summed E-state index contributed by atoms with van der Waals surface area (Å²) >= 11 is 0. The zero-order valence-corrected chi connectivity index (χ0v) is 11.8. The van der Waals surface area contributed by atoms with E-state index in [1.807, 2.05) is 6.20 Å². The van der Waals surface area contributed by atoms with Gasteiger partial charge in [0.2, 0.25) is 0 Å². The summed E-state index contributed by atoms with van der Waals surface area (Å²) in [4.78, 5) is 7.85. The first kappa shape index (κ1) is 13.8. The standard InChI is InChI=1S/C16H23N3/c1-3-5-12-6-8-14(9-7-12)15-11-18-16(19-15)13(4-2)10-17/h6-9,11,13H,3-5,10,17H2,1-2H3,(H,18,19). The lowest BCUT2D eigenvalue weighted by Gasteiger charge is -2.08. The summed E-state index contributed by atoms with van der Waals surface area (Å²) in [5.74, 6) is 1.32. The van der Waals surface area contributed by atoms with Gasteiger partial charge in [-0.25, -0.2) is 4.98 Å². The second kappa shape index (κ2) is 6.53. The van der Waals surface area contributed by atoms with E-state index < -0.39 is 0 Å². The highest BCUT2D eigenvalue weighted by Crippen LogP contribution is 2.22. The van der Waals surface area contributed by atoms with Gasteiger partial charge < -0.3 is 10.7 Å². The van der Waals surface area contributed by atoms with Gasteiger partial charge in [0.1, 0.15) is 5.82 Å². The summed E-state index contributed by atoms with van der Waals surface area (Å²) in [6, 6.07) is 8.70. The Hall–Kier alpha value is -1.61. The van der Waals surface area contributed by atoms with Crippen LogP contribution in [0.1, 0.15) is 44.0 Å². The molecule has 19 heavy (non-hydrogen) atoms. The molecule has 0 saturated heterocycles. The maximum Gasteiger partial charge on any atom is 0.110 e. The Bertz CT molecular complexity index is 495. The van der Waals surface area contributed by atoms with Crippen LogP contribution in [-0.2, 0) is 6.42 Å². The molecule has 3 heteroatoms. The van der Waals surface area contributed by atoms with Gasteiger partial charge in [-0.05, 0) is 24.0 Å². The van der Waals surface area contributed by atoms with E-state index in [1.165, 1.54) is 17.5 Å². The van der Waals surface area contributed by atoms with Crippen molar-refractivity contribution in [3.05, 3.63) is 41.9 Å². The Balaban J connectivity index is 2.17. The Kier molecular flexibility index (Phi) is 4.74. The lowest BCUT2D eigenvalue weighted by molar-refractivity contribution is 0.639. The van der Waals surface area contributed by atoms with Gasteiger partial charge in [0, 0.05) is 12.5 Å². The molecule has 3 nitrogen and oxygen atoms in total. The molecule has 0 amide bonds. The zero-order chi connectivity index (χ0) is 13.7. The summed E-state index contributed by atoms with van der Waals surface area (Å²) in [6.07, 6.45) is 5.24. The number of benzene rings is 1. The minimum absolute atomic E-state index is 0.327. The van der Waals surface area contributed by atoms with E-state index >= 15 is 0 Å². The number of H-pyrrole nitrogens is 1. The summed E-state index contributed by atoms with van der Waals surface area (Å²) in [5, 5.41) is 0. The molecule has 0 radical (unpaired) electrons. The number of hydrogen-bond donors (Lipinski definition) is 2. The summed E-state index contributed by atoms with van der Waals surface area (Å²) in [6.45, 7) is 4.98. The van der Waals surface area contributed by atoms with Crippen LogP contribution in [0.4, 0.5) is 0 Å². The van der Waals surface area contributed by atoms with Crippen molar-refractivity contribution in [2.24, 2.45) is 5.73 Å². The fourth-order valence-corrected chi connectivity index (χ4v) is 2.30. The van der Waals surface area contributed by atoms with Crippen LogP contribution >= 0.6 is 0 Å². The quantitative estimate of drug-likeness (QED) is 0.832. The van der Waals surface area contributed by atoms with E-state index in [9.17, 15) is 0 Å². The monoisotopic (exact) mass is 257 g/mol. The van der Waals surface area contributed by atoms with Gasteiger partial charge in [-0.15, -0.1) is 0 Å². The molecule has 3 N–H and O–H groups in total. The average Bonchev–Trinajstić information content (AvgIpc) is 2.91. The van der Waals surface area contributed by atoms with Crippen LogP contribution in [0.5, 0.6) is 0 Å². The molecule has 102 valence electrons. The number of nitrogens with two attached hydrogens (primary N) is 1. The number of imidazole rings is 1. The molecule has 0 fully saturated rings. The molecule has 0 saturated carbocycles. The molecule has 1 heterocycles. The summed E-state index contributed by atoms with van der Waals surface area (Å²) < 4.78 is 0. The molecule has 0 aliphatic carbocycles. The second-order valence-electron chi connectivity index (χ2n) is 4.97. The molecule has 1 aromatic carbocycles. The molecule has 0 spiro atoms. The molecule has 0 aliphatic heterocycles. The Labute approximate surface area is 115 Å². The Morgan fingerprint density at radius 3 is 2.53 bits per heavy atom. The third-order valence-corrected chi connectivity index (χ3v) is 3.56. The zero-order valence-electron chi connectivity index (χ0n) is 11.8. The number of nitrogens with zero attached hydrogens (tertiary/aromatic N) is 1. The van der Waals surface area contributed by atoms with E-state index in [2.05, 4.69) is 48.1 Å². The first-order valence-corrected chi connectivity index (χ1v) is 7.12. The van der Waals surface area contributed by atoms with E-state index in [-0.39, 0.29) is 0 Å². The highest BCUT2D eigenvalue weighted by molar-refractivity contribution is 5.58. The lowest BCUT2D eigenvalue weighted by Crippen LogP contribution is -2.12. The molecular weight excluding hydrogens is 234 g/mol. The fourth-order valence-electron chi connectivity index (χ4n) is 2.30. The highest BCUT2D eigenvalue weighted by atomic mass is 14.9. The molecule has 1 aromatic heterocycles. The summed E-state index contributed by atoms with van der Waals surface area (Å²) in [7, 11) is 0. The Morgan fingerprint density at radius 1 is 1.21 bits per heavy atom. The van der Waals surface area contributed by atoms with Crippen molar-refractivity contribution in [3.63, 3.8) is 0 Å². The predicted molar refractivity (Wildman–Crippen MR) is 80.1 cm³/mol. The van der Waals surface area contributed by atoms with Crippen molar-refractivity contribution >= 4 is 0 Å². The molecule has 0 aliphatic rings. The van der Waals surface area contributed by atoms with Crippen molar-refractivity contribution < 1.29 is 0 Å². The maximum atomic E-state index is 5.76. The normalized spacial score (nSPS) is 12.6. The highest BCUT2D eigenvalue weighted by Gasteiger charge is 2.11. The van der Waals surface area contributed by atoms with Crippen LogP contribution in [-0.4, -0.2) is 16.5 Å². The summed E-state index contributed by atoms with van der Waals surface area (Å²) in [5.41, 5.74) is 9.40. The van der Waals surface area contributed by atoms with Gasteiger partial charge in [0.15, 0.2) is 0 Å². The lowest BCUT2D eigenvalue weighted by atomic mass is 10.1. The number of aromatic nitrogens is 2. The fraction of sp³-hybridized carbons (Fsp3) is 0.438. The van der Waals surface area contributed by atoms with Crippen molar-refractivity contribution in [2.75, 3.05) is 6.54 Å². The second-order valence-corrected chi connectivity index (χ2v) is 4.97. The third-order valence-electron chi connectivity index (χ3n) is 3.56. The number of nitrogens with one attached hydrogen (secondary N) is 1. The number of aryl methyl sites for hydroxylation is 1. The Morgan fingerprint density at radius 2 is 1.95 bits per heavy atom. The van der Waals surface area contributed by atoms with Crippen LogP contribution in [0.2, 0.25) is 0 Å². The predicted octanol–water partition coefficient (Wildman–Crippen LogP) is 3.48. The number of aromatic amines is 1.